The molecule has 1 aromatic carbocycles. The Balaban J connectivity index is 1.43. The summed E-state index contributed by atoms with van der Waals surface area (Å²) < 4.78 is 2.33. The first-order chi connectivity index (χ1) is 12.3. The van der Waals surface area contributed by atoms with Crippen LogP contribution in [0.5, 0.6) is 0 Å². The maximum atomic E-state index is 12.7. The fraction of sp³-hybridized carbons (Fsp3) is 0.500. The van der Waals surface area contributed by atoms with Gasteiger partial charge >= 0.3 is 0 Å². The Morgan fingerprint density at radius 3 is 2.68 bits per heavy atom. The summed E-state index contributed by atoms with van der Waals surface area (Å²) in [4.78, 5) is 22.0. The van der Waals surface area contributed by atoms with Crippen LogP contribution in [0.4, 0.5) is 5.95 Å². The van der Waals surface area contributed by atoms with Crippen molar-refractivity contribution in [3.63, 3.8) is 0 Å². The summed E-state index contributed by atoms with van der Waals surface area (Å²) in [5.74, 6) is 0.935. The second-order valence-electron chi connectivity index (χ2n) is 7.52. The van der Waals surface area contributed by atoms with E-state index < -0.39 is 0 Å². The van der Waals surface area contributed by atoms with Crippen LogP contribution in [0.1, 0.15) is 36.1 Å². The standard InChI is InChI=1S/C20H24N4O/c25-19-17-14-22(13-15-5-2-1-3-6-15)10-9-18(17)24-12-11-23(20(24)21-19)16-7-4-8-16/h1-3,5-6,16H,4,7-14H2. The van der Waals surface area contributed by atoms with Gasteiger partial charge < -0.3 is 9.47 Å². The van der Waals surface area contributed by atoms with Crippen LogP contribution in [-0.2, 0) is 26.1 Å². The SMILES string of the molecule is O=c1nc2n(c3c1CN(Cc1ccccc1)CC3)CCN2C1CCC1. The van der Waals surface area contributed by atoms with Gasteiger partial charge in [0.15, 0.2) is 0 Å². The summed E-state index contributed by atoms with van der Waals surface area (Å²) >= 11 is 0. The molecule has 5 rings (SSSR count). The molecule has 3 aliphatic rings. The summed E-state index contributed by atoms with van der Waals surface area (Å²) in [6.07, 6.45) is 4.76. The van der Waals surface area contributed by atoms with E-state index in [1.807, 2.05) is 6.07 Å². The quantitative estimate of drug-likeness (QED) is 0.861. The lowest BCUT2D eigenvalue weighted by Crippen LogP contribution is -2.41. The maximum absolute atomic E-state index is 12.7. The van der Waals surface area contributed by atoms with Crippen molar-refractivity contribution in [2.75, 3.05) is 18.0 Å². The van der Waals surface area contributed by atoms with Crippen molar-refractivity contribution >= 4 is 5.95 Å². The summed E-state index contributed by atoms with van der Waals surface area (Å²) in [5.41, 5.74) is 3.45. The first-order valence-corrected chi connectivity index (χ1v) is 9.45. The average molecular weight is 336 g/mol. The molecule has 0 atom stereocenters. The van der Waals surface area contributed by atoms with Crippen LogP contribution in [0, 0.1) is 0 Å². The van der Waals surface area contributed by atoms with Crippen LogP contribution in [0.2, 0.25) is 0 Å². The number of anilines is 1. The van der Waals surface area contributed by atoms with Crippen molar-refractivity contribution in [1.82, 2.24) is 14.5 Å². The van der Waals surface area contributed by atoms with E-state index in [0.29, 0.717) is 6.04 Å². The summed E-state index contributed by atoms with van der Waals surface area (Å²) in [7, 11) is 0. The lowest BCUT2D eigenvalue weighted by Gasteiger charge is -2.35. The van der Waals surface area contributed by atoms with Gasteiger partial charge in [0.05, 0.1) is 5.56 Å². The zero-order chi connectivity index (χ0) is 16.8. The van der Waals surface area contributed by atoms with E-state index in [1.165, 1.54) is 30.5 Å². The van der Waals surface area contributed by atoms with Crippen molar-refractivity contribution in [3.8, 4) is 0 Å². The molecule has 0 radical (unpaired) electrons. The zero-order valence-corrected chi connectivity index (χ0v) is 14.5. The average Bonchev–Trinajstić information content (AvgIpc) is 2.98. The Morgan fingerprint density at radius 1 is 1.08 bits per heavy atom. The van der Waals surface area contributed by atoms with Gasteiger partial charge in [-0.1, -0.05) is 30.3 Å². The normalized spacial score (nSPS) is 20.2. The summed E-state index contributed by atoms with van der Waals surface area (Å²) in [6.45, 7) is 4.63. The fourth-order valence-corrected chi connectivity index (χ4v) is 4.42. The minimum absolute atomic E-state index is 0.00904. The van der Waals surface area contributed by atoms with Crippen LogP contribution < -0.4 is 10.5 Å². The van der Waals surface area contributed by atoms with E-state index in [2.05, 4.69) is 43.6 Å². The monoisotopic (exact) mass is 336 g/mol. The molecule has 0 amide bonds. The maximum Gasteiger partial charge on any atom is 0.279 e. The van der Waals surface area contributed by atoms with Crippen molar-refractivity contribution in [3.05, 3.63) is 57.5 Å². The number of rotatable bonds is 3. The molecular weight excluding hydrogens is 312 g/mol. The molecule has 1 aromatic heterocycles. The topological polar surface area (TPSA) is 41.4 Å². The van der Waals surface area contributed by atoms with Gasteiger partial charge in [0.1, 0.15) is 0 Å². The van der Waals surface area contributed by atoms with E-state index in [4.69, 9.17) is 0 Å². The summed E-state index contributed by atoms with van der Waals surface area (Å²) in [6, 6.07) is 11.1. The predicted octanol–water partition coefficient (Wildman–Crippen LogP) is 2.17. The highest BCUT2D eigenvalue weighted by Crippen LogP contribution is 2.33. The van der Waals surface area contributed by atoms with Gasteiger partial charge in [0.2, 0.25) is 5.95 Å². The van der Waals surface area contributed by atoms with Crippen molar-refractivity contribution < 1.29 is 0 Å². The molecule has 25 heavy (non-hydrogen) atoms. The Labute approximate surface area is 147 Å². The highest BCUT2D eigenvalue weighted by molar-refractivity contribution is 5.42. The molecule has 0 saturated heterocycles. The van der Waals surface area contributed by atoms with Gasteiger partial charge in [-0.3, -0.25) is 9.69 Å². The van der Waals surface area contributed by atoms with E-state index in [1.54, 1.807) is 0 Å². The number of aromatic nitrogens is 2. The van der Waals surface area contributed by atoms with Gasteiger partial charge in [0.25, 0.3) is 5.56 Å². The molecular formula is C20H24N4O. The van der Waals surface area contributed by atoms with Gasteiger partial charge in [0, 0.05) is 50.9 Å². The molecule has 2 aliphatic heterocycles. The van der Waals surface area contributed by atoms with E-state index in [0.717, 1.165) is 50.7 Å². The second kappa shape index (κ2) is 5.99. The van der Waals surface area contributed by atoms with Gasteiger partial charge in [-0.25, -0.2) is 0 Å². The summed E-state index contributed by atoms with van der Waals surface area (Å²) in [5, 5.41) is 0. The highest BCUT2D eigenvalue weighted by Gasteiger charge is 2.34. The van der Waals surface area contributed by atoms with E-state index in [-0.39, 0.29) is 5.56 Å². The number of hydrogen-bond acceptors (Lipinski definition) is 4. The number of benzene rings is 1. The number of fused-ring (bicyclic) bond motifs is 3. The highest BCUT2D eigenvalue weighted by atomic mass is 16.1. The van der Waals surface area contributed by atoms with Gasteiger partial charge in [-0.2, -0.15) is 4.98 Å². The molecule has 1 aliphatic carbocycles. The van der Waals surface area contributed by atoms with Crippen molar-refractivity contribution in [2.45, 2.75) is 51.4 Å². The lowest BCUT2D eigenvalue weighted by atomic mass is 9.92. The number of nitrogens with zero attached hydrogens (tertiary/aromatic N) is 4. The molecule has 130 valence electrons. The molecule has 0 unspecified atom stereocenters. The molecule has 5 heteroatoms. The Hall–Kier alpha value is -2.14. The molecule has 3 heterocycles. The van der Waals surface area contributed by atoms with Crippen LogP contribution in [0.25, 0.3) is 0 Å². The number of hydrogen-bond donors (Lipinski definition) is 0. The largest absolute Gasteiger partial charge is 0.337 e. The molecule has 1 saturated carbocycles. The fourth-order valence-electron chi connectivity index (χ4n) is 4.42. The first kappa shape index (κ1) is 15.1. The van der Waals surface area contributed by atoms with Crippen molar-refractivity contribution in [1.29, 1.82) is 0 Å². The predicted molar refractivity (Wildman–Crippen MR) is 97.7 cm³/mol. The third-order valence-electron chi connectivity index (χ3n) is 6.01. The minimum Gasteiger partial charge on any atom is -0.337 e. The Kier molecular flexibility index (Phi) is 3.63. The van der Waals surface area contributed by atoms with Gasteiger partial charge in [-0.15, -0.1) is 0 Å². The zero-order valence-electron chi connectivity index (χ0n) is 14.5. The van der Waals surface area contributed by atoms with E-state index in [9.17, 15) is 4.79 Å². The van der Waals surface area contributed by atoms with Crippen molar-refractivity contribution in [2.24, 2.45) is 0 Å². The third kappa shape index (κ3) is 2.58. The first-order valence-electron chi connectivity index (χ1n) is 9.45. The van der Waals surface area contributed by atoms with Gasteiger partial charge in [-0.05, 0) is 24.8 Å². The Morgan fingerprint density at radius 2 is 1.92 bits per heavy atom. The molecule has 0 N–H and O–H groups in total. The van der Waals surface area contributed by atoms with E-state index >= 15 is 0 Å². The third-order valence-corrected chi connectivity index (χ3v) is 6.01. The molecule has 0 spiro atoms. The minimum atomic E-state index is -0.00904. The molecule has 0 bridgehead atoms. The Bertz CT molecular complexity index is 841. The molecule has 1 fully saturated rings. The van der Waals surface area contributed by atoms with Crippen LogP contribution in [0.15, 0.2) is 35.1 Å². The van der Waals surface area contributed by atoms with Crippen LogP contribution in [0.3, 0.4) is 0 Å². The second-order valence-corrected chi connectivity index (χ2v) is 7.52. The molecule has 5 nitrogen and oxygen atoms in total. The lowest BCUT2D eigenvalue weighted by molar-refractivity contribution is 0.239. The van der Waals surface area contributed by atoms with Crippen LogP contribution >= 0.6 is 0 Å². The smallest absolute Gasteiger partial charge is 0.279 e. The molecule has 2 aromatic rings. The van der Waals surface area contributed by atoms with Crippen LogP contribution in [-0.4, -0.2) is 33.6 Å².